The molecule has 1 unspecified atom stereocenters. The van der Waals surface area contributed by atoms with Crippen LogP contribution in [0.5, 0.6) is 0 Å². The molecule has 0 aliphatic carbocycles. The third-order valence-corrected chi connectivity index (χ3v) is 6.85. The summed E-state index contributed by atoms with van der Waals surface area (Å²) in [5.41, 5.74) is 1.07. The molecule has 1 aromatic heterocycles. The number of thioether (sulfide) groups is 1. The van der Waals surface area contributed by atoms with E-state index in [2.05, 4.69) is 11.8 Å². The van der Waals surface area contributed by atoms with Crippen LogP contribution in [0.2, 0.25) is 5.02 Å². The maximum Gasteiger partial charge on any atom is 0.266 e. The molecule has 1 saturated heterocycles. The molecule has 1 aliphatic rings. The fourth-order valence-corrected chi connectivity index (χ4v) is 4.98. The lowest BCUT2D eigenvalue weighted by Gasteiger charge is -2.35. The van der Waals surface area contributed by atoms with Crippen LogP contribution < -0.4 is 5.56 Å². The molecule has 2 aromatic carbocycles. The van der Waals surface area contributed by atoms with Gasteiger partial charge in [-0.15, -0.1) is 0 Å². The summed E-state index contributed by atoms with van der Waals surface area (Å²) in [6.07, 6.45) is 0. The second-order valence-electron chi connectivity index (χ2n) is 7.55. The molecule has 4 rings (SSSR count). The molecule has 0 spiro atoms. The highest BCUT2D eigenvalue weighted by atomic mass is 35.5. The van der Waals surface area contributed by atoms with E-state index in [-0.39, 0.29) is 16.7 Å². The van der Waals surface area contributed by atoms with E-state index in [0.717, 1.165) is 32.7 Å². The van der Waals surface area contributed by atoms with Crippen molar-refractivity contribution in [2.45, 2.75) is 24.3 Å². The molecule has 6 nitrogen and oxygen atoms in total. The van der Waals surface area contributed by atoms with Crippen molar-refractivity contribution in [3.05, 3.63) is 63.9 Å². The van der Waals surface area contributed by atoms with Gasteiger partial charge in [-0.3, -0.25) is 14.2 Å². The zero-order chi connectivity index (χ0) is 22.0. The van der Waals surface area contributed by atoms with Gasteiger partial charge in [0, 0.05) is 31.2 Å². The zero-order valence-corrected chi connectivity index (χ0v) is 19.2. The second kappa shape index (κ2) is 9.42. The summed E-state index contributed by atoms with van der Waals surface area (Å²) < 4.78 is 1.55. The number of halogens is 1. The number of carbonyl (C=O) groups excluding carboxylic acids is 1. The molecule has 0 radical (unpaired) electrons. The standard InChI is InChI=1S/C23H25ClN4O2S/c1-3-26-11-13-27(14-12-26)21(29)16(2)31-23-25-20-10-5-4-9-19(20)22(30)28(23)18-8-6-7-17(24)15-18/h4-10,15-16H,3,11-14H2,1-2H3. The van der Waals surface area contributed by atoms with Gasteiger partial charge in [-0.1, -0.05) is 48.5 Å². The van der Waals surface area contributed by atoms with Crippen LogP contribution in [0.4, 0.5) is 0 Å². The maximum atomic E-state index is 13.3. The van der Waals surface area contributed by atoms with Gasteiger partial charge >= 0.3 is 0 Å². The van der Waals surface area contributed by atoms with Gasteiger partial charge in [-0.05, 0) is 43.8 Å². The van der Waals surface area contributed by atoms with Crippen molar-refractivity contribution in [3.63, 3.8) is 0 Å². The highest BCUT2D eigenvalue weighted by Crippen LogP contribution is 2.27. The second-order valence-corrected chi connectivity index (χ2v) is 9.30. The van der Waals surface area contributed by atoms with E-state index >= 15 is 0 Å². The van der Waals surface area contributed by atoms with Crippen LogP contribution in [0.25, 0.3) is 16.6 Å². The van der Waals surface area contributed by atoms with Crippen LogP contribution in [0.1, 0.15) is 13.8 Å². The number of rotatable bonds is 5. The summed E-state index contributed by atoms with van der Waals surface area (Å²) in [5.74, 6) is 0.0702. The molecule has 0 saturated carbocycles. The molecule has 1 aliphatic heterocycles. The largest absolute Gasteiger partial charge is 0.339 e. The summed E-state index contributed by atoms with van der Waals surface area (Å²) in [5, 5.41) is 1.18. The molecule has 0 N–H and O–H groups in total. The Hall–Kier alpha value is -2.35. The number of piperazine rings is 1. The van der Waals surface area contributed by atoms with Crippen molar-refractivity contribution in [1.82, 2.24) is 19.4 Å². The number of benzene rings is 2. The van der Waals surface area contributed by atoms with E-state index in [4.69, 9.17) is 16.6 Å². The van der Waals surface area contributed by atoms with Crippen molar-refractivity contribution in [2.75, 3.05) is 32.7 Å². The number of likely N-dealkylation sites (N-methyl/N-ethyl adjacent to an activating group) is 1. The van der Waals surface area contributed by atoms with Crippen LogP contribution in [-0.2, 0) is 4.79 Å². The topological polar surface area (TPSA) is 58.4 Å². The zero-order valence-electron chi connectivity index (χ0n) is 17.6. The first-order valence-electron chi connectivity index (χ1n) is 10.4. The Balaban J connectivity index is 1.69. The number of fused-ring (bicyclic) bond motifs is 1. The number of hydrogen-bond acceptors (Lipinski definition) is 5. The number of hydrogen-bond donors (Lipinski definition) is 0. The third-order valence-electron chi connectivity index (χ3n) is 5.57. The van der Waals surface area contributed by atoms with Crippen LogP contribution in [0.3, 0.4) is 0 Å². The Morgan fingerprint density at radius 1 is 1.13 bits per heavy atom. The number of carbonyl (C=O) groups is 1. The Morgan fingerprint density at radius 2 is 1.87 bits per heavy atom. The molecule has 1 fully saturated rings. The van der Waals surface area contributed by atoms with Crippen molar-refractivity contribution in [3.8, 4) is 5.69 Å². The average Bonchev–Trinajstić information content (AvgIpc) is 2.79. The molecular weight excluding hydrogens is 432 g/mol. The van der Waals surface area contributed by atoms with E-state index in [9.17, 15) is 9.59 Å². The summed E-state index contributed by atoms with van der Waals surface area (Å²) in [7, 11) is 0. The van der Waals surface area contributed by atoms with Gasteiger partial charge in [0.15, 0.2) is 5.16 Å². The van der Waals surface area contributed by atoms with Gasteiger partial charge in [0.05, 0.1) is 21.8 Å². The number of para-hydroxylation sites is 1. The van der Waals surface area contributed by atoms with Gasteiger partial charge in [0.2, 0.25) is 5.91 Å². The van der Waals surface area contributed by atoms with Crippen molar-refractivity contribution in [2.24, 2.45) is 0 Å². The highest BCUT2D eigenvalue weighted by Gasteiger charge is 2.27. The molecule has 3 aromatic rings. The molecule has 31 heavy (non-hydrogen) atoms. The van der Waals surface area contributed by atoms with Crippen LogP contribution in [0, 0.1) is 0 Å². The first-order valence-corrected chi connectivity index (χ1v) is 11.7. The summed E-state index contributed by atoms with van der Waals surface area (Å²) in [4.78, 5) is 35.4. The van der Waals surface area contributed by atoms with Crippen LogP contribution in [-0.4, -0.2) is 63.2 Å². The van der Waals surface area contributed by atoms with Gasteiger partial charge < -0.3 is 9.80 Å². The fraction of sp³-hybridized carbons (Fsp3) is 0.348. The number of aromatic nitrogens is 2. The van der Waals surface area contributed by atoms with Crippen molar-refractivity contribution < 1.29 is 4.79 Å². The van der Waals surface area contributed by atoms with Crippen LogP contribution >= 0.6 is 23.4 Å². The first-order chi connectivity index (χ1) is 15.0. The lowest BCUT2D eigenvalue weighted by molar-refractivity contribution is -0.132. The fourth-order valence-electron chi connectivity index (χ4n) is 3.78. The normalized spacial score (nSPS) is 15.9. The van der Waals surface area contributed by atoms with Gasteiger partial charge in [0.1, 0.15) is 0 Å². The quantitative estimate of drug-likeness (QED) is 0.433. The predicted octanol–water partition coefficient (Wildman–Crippen LogP) is 3.68. The van der Waals surface area contributed by atoms with E-state index in [1.165, 1.54) is 11.8 Å². The lowest BCUT2D eigenvalue weighted by atomic mass is 10.2. The summed E-state index contributed by atoms with van der Waals surface area (Å²) in [6, 6.07) is 14.4. The van der Waals surface area contributed by atoms with Crippen LogP contribution in [0.15, 0.2) is 58.5 Å². The van der Waals surface area contributed by atoms with Gasteiger partial charge in [0.25, 0.3) is 5.56 Å². The number of amides is 1. The summed E-state index contributed by atoms with van der Waals surface area (Å²) >= 11 is 7.50. The smallest absolute Gasteiger partial charge is 0.266 e. The first kappa shape index (κ1) is 21.9. The van der Waals surface area contributed by atoms with E-state index in [1.54, 1.807) is 28.8 Å². The molecule has 162 valence electrons. The van der Waals surface area contributed by atoms with E-state index in [0.29, 0.717) is 26.8 Å². The summed E-state index contributed by atoms with van der Waals surface area (Å²) in [6.45, 7) is 8.24. The minimum atomic E-state index is -0.369. The molecule has 8 heteroatoms. The Labute approximate surface area is 190 Å². The average molecular weight is 457 g/mol. The Morgan fingerprint density at radius 3 is 2.58 bits per heavy atom. The van der Waals surface area contributed by atoms with E-state index < -0.39 is 0 Å². The van der Waals surface area contributed by atoms with Crippen molar-refractivity contribution >= 4 is 40.2 Å². The maximum absolute atomic E-state index is 13.3. The molecule has 0 bridgehead atoms. The highest BCUT2D eigenvalue weighted by molar-refractivity contribution is 8.00. The monoisotopic (exact) mass is 456 g/mol. The minimum absolute atomic E-state index is 0.0702. The lowest BCUT2D eigenvalue weighted by Crippen LogP contribution is -2.50. The molecule has 1 amide bonds. The number of nitrogens with zero attached hydrogens (tertiary/aromatic N) is 4. The SMILES string of the molecule is CCN1CCN(C(=O)C(C)Sc2nc3ccccc3c(=O)n2-c2cccc(Cl)c2)CC1. The van der Waals surface area contributed by atoms with E-state index in [1.807, 2.05) is 36.1 Å². The molecular formula is C23H25ClN4O2S. The Kier molecular flexibility index (Phi) is 6.65. The van der Waals surface area contributed by atoms with Gasteiger partial charge in [-0.25, -0.2) is 4.98 Å². The predicted molar refractivity (Wildman–Crippen MR) is 126 cm³/mol. The molecule has 2 heterocycles. The third kappa shape index (κ3) is 4.63. The van der Waals surface area contributed by atoms with Crippen molar-refractivity contribution in [1.29, 1.82) is 0 Å². The molecule has 1 atom stereocenters. The van der Waals surface area contributed by atoms with Gasteiger partial charge in [-0.2, -0.15) is 0 Å². The Bertz CT molecular complexity index is 1160. The minimum Gasteiger partial charge on any atom is -0.339 e.